The Kier molecular flexibility index (Phi) is 7.57. The predicted molar refractivity (Wildman–Crippen MR) is 128 cm³/mol. The summed E-state index contributed by atoms with van der Waals surface area (Å²) in [5.74, 6) is -0.0178. The Balaban J connectivity index is 1.67. The van der Waals surface area contributed by atoms with Crippen LogP contribution in [0.1, 0.15) is 56.7 Å². The van der Waals surface area contributed by atoms with Gasteiger partial charge in [0.2, 0.25) is 5.91 Å². The van der Waals surface area contributed by atoms with Gasteiger partial charge in [-0.15, -0.1) is 0 Å². The van der Waals surface area contributed by atoms with Crippen molar-refractivity contribution < 1.29 is 17.9 Å². The number of nitrogens with one attached hydrogen (secondary N) is 1. The van der Waals surface area contributed by atoms with Gasteiger partial charge in [0, 0.05) is 25.0 Å². The van der Waals surface area contributed by atoms with Gasteiger partial charge in [-0.1, -0.05) is 48.6 Å². The van der Waals surface area contributed by atoms with E-state index < -0.39 is 26.7 Å². The maximum absolute atomic E-state index is 13.3. The highest BCUT2D eigenvalue weighted by Crippen LogP contribution is 2.33. The first-order valence-corrected chi connectivity index (χ1v) is 14.0. The SMILES string of the molecule is Cc1cc(S(=O)(=O)C2CCOCC2)cc(=O)n1[C@@H](CC1CCCC1)C(=O)Nc1ncc(Cl)s1. The molecule has 2 fully saturated rings. The molecule has 180 valence electrons. The number of aromatic nitrogens is 2. The van der Waals surface area contributed by atoms with Crippen molar-refractivity contribution in [2.24, 2.45) is 5.92 Å². The Morgan fingerprint density at radius 2 is 1.97 bits per heavy atom. The van der Waals surface area contributed by atoms with E-state index in [2.05, 4.69) is 10.3 Å². The van der Waals surface area contributed by atoms with Crippen LogP contribution in [-0.4, -0.2) is 42.3 Å². The molecule has 2 aliphatic rings. The first kappa shape index (κ1) is 24.4. The zero-order valence-corrected chi connectivity index (χ0v) is 20.8. The molecule has 1 atom stereocenters. The van der Waals surface area contributed by atoms with Gasteiger partial charge in [-0.3, -0.25) is 9.59 Å². The topological polar surface area (TPSA) is 107 Å². The third kappa shape index (κ3) is 5.50. The fraction of sp³-hybridized carbons (Fsp3) is 0.591. The maximum Gasteiger partial charge on any atom is 0.252 e. The lowest BCUT2D eigenvalue weighted by atomic mass is 9.97. The second kappa shape index (κ2) is 10.2. The zero-order chi connectivity index (χ0) is 23.6. The van der Waals surface area contributed by atoms with E-state index in [-0.39, 0.29) is 10.8 Å². The smallest absolute Gasteiger partial charge is 0.252 e. The first-order chi connectivity index (χ1) is 15.8. The number of carbonyl (C=O) groups is 1. The van der Waals surface area contributed by atoms with Crippen molar-refractivity contribution in [3.63, 3.8) is 0 Å². The van der Waals surface area contributed by atoms with Crippen molar-refractivity contribution in [3.05, 3.63) is 38.7 Å². The molecule has 1 saturated carbocycles. The molecule has 8 nitrogen and oxygen atoms in total. The van der Waals surface area contributed by atoms with Crippen molar-refractivity contribution >= 4 is 43.8 Å². The van der Waals surface area contributed by atoms with E-state index in [0.29, 0.717) is 53.6 Å². The largest absolute Gasteiger partial charge is 0.381 e. The molecule has 0 bridgehead atoms. The summed E-state index contributed by atoms with van der Waals surface area (Å²) in [6.45, 7) is 2.47. The molecule has 33 heavy (non-hydrogen) atoms. The highest BCUT2D eigenvalue weighted by atomic mass is 35.5. The number of amides is 1. The average Bonchev–Trinajstić information content (AvgIpc) is 3.44. The maximum atomic E-state index is 13.3. The van der Waals surface area contributed by atoms with Crippen molar-refractivity contribution in [1.82, 2.24) is 9.55 Å². The highest BCUT2D eigenvalue weighted by Gasteiger charge is 2.33. The second-order valence-corrected chi connectivity index (χ2v) is 12.6. The van der Waals surface area contributed by atoms with Crippen LogP contribution in [0.15, 0.2) is 28.0 Å². The van der Waals surface area contributed by atoms with Gasteiger partial charge in [-0.2, -0.15) is 0 Å². The van der Waals surface area contributed by atoms with E-state index in [1.165, 1.54) is 16.8 Å². The summed E-state index contributed by atoms with van der Waals surface area (Å²) in [7, 11) is -3.65. The molecule has 1 aliphatic carbocycles. The lowest BCUT2D eigenvalue weighted by Gasteiger charge is -2.25. The number of hydrogen-bond acceptors (Lipinski definition) is 7. The van der Waals surface area contributed by atoms with Crippen LogP contribution in [-0.2, 0) is 19.4 Å². The quantitative estimate of drug-likeness (QED) is 0.600. The number of halogens is 1. The highest BCUT2D eigenvalue weighted by molar-refractivity contribution is 7.92. The number of sulfone groups is 1. The number of thiazole rings is 1. The van der Waals surface area contributed by atoms with Crippen molar-refractivity contribution in [2.75, 3.05) is 18.5 Å². The minimum atomic E-state index is -3.65. The van der Waals surface area contributed by atoms with Gasteiger partial charge in [0.1, 0.15) is 10.4 Å². The molecule has 1 saturated heterocycles. The minimum Gasteiger partial charge on any atom is -0.381 e. The van der Waals surface area contributed by atoms with Crippen LogP contribution in [0.2, 0.25) is 4.34 Å². The Labute approximate surface area is 202 Å². The van der Waals surface area contributed by atoms with Crippen molar-refractivity contribution in [2.45, 2.75) is 68.1 Å². The summed E-state index contributed by atoms with van der Waals surface area (Å²) < 4.78 is 33.4. The van der Waals surface area contributed by atoms with Crippen LogP contribution in [0, 0.1) is 12.8 Å². The van der Waals surface area contributed by atoms with Crippen molar-refractivity contribution in [1.29, 1.82) is 0 Å². The third-order valence-corrected chi connectivity index (χ3v) is 9.80. The monoisotopic (exact) mass is 513 g/mol. The normalized spacial score (nSPS) is 19.0. The van der Waals surface area contributed by atoms with Crippen LogP contribution in [0.5, 0.6) is 0 Å². The van der Waals surface area contributed by atoms with E-state index >= 15 is 0 Å². The van der Waals surface area contributed by atoms with Gasteiger partial charge in [-0.05, 0) is 38.2 Å². The van der Waals surface area contributed by atoms with Gasteiger partial charge in [0.25, 0.3) is 5.56 Å². The predicted octanol–water partition coefficient (Wildman–Crippen LogP) is 3.98. The second-order valence-electron chi connectivity index (χ2n) is 8.76. The fourth-order valence-corrected chi connectivity index (χ4v) is 7.43. The minimum absolute atomic E-state index is 0.0138. The van der Waals surface area contributed by atoms with E-state index in [4.69, 9.17) is 16.3 Å². The van der Waals surface area contributed by atoms with Crippen LogP contribution in [0.3, 0.4) is 0 Å². The number of carbonyl (C=O) groups excluding carboxylic acids is 1. The summed E-state index contributed by atoms with van der Waals surface area (Å²) in [6.07, 6.45) is 7.03. The van der Waals surface area contributed by atoms with Crippen LogP contribution >= 0.6 is 22.9 Å². The van der Waals surface area contributed by atoms with E-state index in [1.54, 1.807) is 6.92 Å². The van der Waals surface area contributed by atoms with Gasteiger partial charge < -0.3 is 14.6 Å². The molecule has 4 rings (SSSR count). The van der Waals surface area contributed by atoms with Gasteiger partial charge in [0.15, 0.2) is 15.0 Å². The van der Waals surface area contributed by atoms with Gasteiger partial charge in [0.05, 0.1) is 16.3 Å². The standard InChI is InChI=1S/C22H28ClN3O5S2/c1-14-10-17(33(29,30)16-6-8-31-9-7-16)12-20(27)26(14)18(11-15-4-2-3-5-15)21(28)25-22-24-13-19(23)32-22/h10,12-13,15-16,18H,2-9,11H2,1H3,(H,24,25,28)/t18-/m0/s1. The van der Waals surface area contributed by atoms with Crippen LogP contribution < -0.4 is 10.9 Å². The van der Waals surface area contributed by atoms with E-state index in [9.17, 15) is 18.0 Å². The molecule has 1 N–H and O–H groups in total. The van der Waals surface area contributed by atoms with E-state index in [1.807, 2.05) is 0 Å². The summed E-state index contributed by atoms with van der Waals surface area (Å²) in [4.78, 5) is 30.6. The zero-order valence-electron chi connectivity index (χ0n) is 18.5. The lowest BCUT2D eigenvalue weighted by Crippen LogP contribution is -2.36. The molecule has 1 aliphatic heterocycles. The lowest BCUT2D eigenvalue weighted by molar-refractivity contribution is -0.119. The molecule has 2 aromatic heterocycles. The Hall–Kier alpha value is -1.75. The van der Waals surface area contributed by atoms with E-state index in [0.717, 1.165) is 43.1 Å². The molecule has 0 radical (unpaired) electrons. The number of ether oxygens (including phenoxy) is 1. The Bertz CT molecular complexity index is 1160. The van der Waals surface area contributed by atoms with Gasteiger partial charge >= 0.3 is 0 Å². The molecular formula is C22H28ClN3O5S2. The Morgan fingerprint density at radius 1 is 1.27 bits per heavy atom. The molecule has 3 heterocycles. The average molecular weight is 514 g/mol. The Morgan fingerprint density at radius 3 is 2.58 bits per heavy atom. The van der Waals surface area contributed by atoms with Gasteiger partial charge in [-0.25, -0.2) is 13.4 Å². The molecule has 0 aromatic carbocycles. The molecule has 11 heteroatoms. The molecule has 1 amide bonds. The number of aryl methyl sites for hydroxylation is 1. The molecular weight excluding hydrogens is 486 g/mol. The van der Waals surface area contributed by atoms with Crippen LogP contribution in [0.4, 0.5) is 5.13 Å². The number of nitrogens with zero attached hydrogens (tertiary/aromatic N) is 2. The number of hydrogen-bond donors (Lipinski definition) is 1. The molecule has 2 aromatic rings. The van der Waals surface area contributed by atoms with Crippen molar-refractivity contribution in [3.8, 4) is 0 Å². The fourth-order valence-electron chi connectivity index (χ4n) is 4.82. The molecule has 0 spiro atoms. The summed E-state index contributed by atoms with van der Waals surface area (Å²) in [5.41, 5.74) is -0.0422. The number of anilines is 1. The summed E-state index contributed by atoms with van der Waals surface area (Å²) >= 11 is 7.08. The third-order valence-electron chi connectivity index (χ3n) is 6.52. The number of rotatable bonds is 7. The molecule has 0 unspecified atom stereocenters. The summed E-state index contributed by atoms with van der Waals surface area (Å²) in [6, 6.07) is 1.91. The summed E-state index contributed by atoms with van der Waals surface area (Å²) in [5, 5.41) is 2.58. The number of pyridine rings is 1. The first-order valence-electron chi connectivity index (χ1n) is 11.2. The van der Waals surface area contributed by atoms with Crippen LogP contribution in [0.25, 0.3) is 0 Å².